The number of nitrogens with one attached hydrogen (secondary N) is 1. The van der Waals surface area contributed by atoms with Crippen molar-refractivity contribution in [3.63, 3.8) is 0 Å². The number of nitrogens with two attached hydrogens (primary N) is 1. The molecule has 29 heavy (non-hydrogen) atoms. The number of hydrogen-bond acceptors (Lipinski definition) is 9. The Kier molecular flexibility index (Phi) is 5.43. The van der Waals surface area contributed by atoms with Crippen LogP contribution in [0, 0.1) is 0 Å². The second-order valence-electron chi connectivity index (χ2n) is 6.44. The van der Waals surface area contributed by atoms with E-state index >= 15 is 0 Å². The standard InChI is InChI=1S/C19H21N7O2S/c1-28-14-4-2-13(3-5-14)23-17(27)15-12-22-18(24-16(15)20)25-7-9-26(10-8-25)19-21-6-11-29-19/h2-6,11-12H,7-10H2,1H3,(H,23,27)(H2,20,22,24). The van der Waals surface area contributed by atoms with Crippen LogP contribution in [-0.2, 0) is 0 Å². The van der Waals surface area contributed by atoms with Gasteiger partial charge in [-0.2, -0.15) is 4.98 Å². The highest BCUT2D eigenvalue weighted by Crippen LogP contribution is 2.22. The molecule has 0 aliphatic carbocycles. The van der Waals surface area contributed by atoms with Gasteiger partial charge in [0, 0.05) is 49.6 Å². The molecule has 1 aromatic carbocycles. The van der Waals surface area contributed by atoms with Crippen LogP contribution in [0.15, 0.2) is 42.0 Å². The molecule has 150 valence electrons. The number of methoxy groups -OCH3 is 1. The maximum Gasteiger partial charge on any atom is 0.260 e. The molecule has 0 spiro atoms. The third-order valence-corrected chi connectivity index (χ3v) is 5.48. The Labute approximate surface area is 172 Å². The van der Waals surface area contributed by atoms with E-state index in [-0.39, 0.29) is 17.3 Å². The summed E-state index contributed by atoms with van der Waals surface area (Å²) in [6, 6.07) is 7.04. The van der Waals surface area contributed by atoms with Gasteiger partial charge in [0.05, 0.1) is 7.11 Å². The van der Waals surface area contributed by atoms with Gasteiger partial charge >= 0.3 is 0 Å². The molecule has 0 saturated carbocycles. The molecule has 1 saturated heterocycles. The van der Waals surface area contributed by atoms with Crippen LogP contribution in [0.25, 0.3) is 0 Å². The molecule has 3 N–H and O–H groups in total. The Morgan fingerprint density at radius 3 is 2.48 bits per heavy atom. The Morgan fingerprint density at radius 2 is 1.86 bits per heavy atom. The van der Waals surface area contributed by atoms with Crippen molar-refractivity contribution in [3.8, 4) is 5.75 Å². The predicted molar refractivity (Wildman–Crippen MR) is 114 cm³/mol. The zero-order chi connectivity index (χ0) is 20.2. The number of amides is 1. The number of carbonyl (C=O) groups excluding carboxylic acids is 1. The van der Waals surface area contributed by atoms with Crippen LogP contribution in [0.3, 0.4) is 0 Å². The first kappa shape index (κ1) is 18.9. The van der Waals surface area contributed by atoms with Gasteiger partial charge in [-0.25, -0.2) is 9.97 Å². The smallest absolute Gasteiger partial charge is 0.260 e. The Bertz CT molecular complexity index is 971. The Hall–Kier alpha value is -3.40. The molecule has 2 aromatic heterocycles. The van der Waals surface area contributed by atoms with Gasteiger partial charge in [0.1, 0.15) is 17.1 Å². The number of rotatable bonds is 5. The summed E-state index contributed by atoms with van der Waals surface area (Å²) >= 11 is 1.63. The van der Waals surface area contributed by atoms with Crippen molar-refractivity contribution < 1.29 is 9.53 Å². The van der Waals surface area contributed by atoms with E-state index in [1.54, 1.807) is 42.7 Å². The first-order valence-corrected chi connectivity index (χ1v) is 9.99. The van der Waals surface area contributed by atoms with E-state index in [1.807, 2.05) is 11.6 Å². The molecular weight excluding hydrogens is 390 g/mol. The van der Waals surface area contributed by atoms with Crippen molar-refractivity contribution >= 4 is 39.8 Å². The van der Waals surface area contributed by atoms with E-state index in [1.165, 1.54) is 6.20 Å². The van der Waals surface area contributed by atoms with Crippen molar-refractivity contribution in [2.45, 2.75) is 0 Å². The third-order valence-electron chi connectivity index (χ3n) is 4.65. The molecule has 1 aliphatic rings. The van der Waals surface area contributed by atoms with Gasteiger partial charge in [-0.15, -0.1) is 11.3 Å². The van der Waals surface area contributed by atoms with Crippen LogP contribution < -0.4 is 25.6 Å². The quantitative estimate of drug-likeness (QED) is 0.657. The summed E-state index contributed by atoms with van der Waals surface area (Å²) < 4.78 is 5.11. The fourth-order valence-electron chi connectivity index (χ4n) is 3.06. The molecule has 0 radical (unpaired) electrons. The molecule has 1 fully saturated rings. The largest absolute Gasteiger partial charge is 0.497 e. The minimum absolute atomic E-state index is 0.156. The number of benzene rings is 1. The zero-order valence-electron chi connectivity index (χ0n) is 15.9. The highest BCUT2D eigenvalue weighted by Gasteiger charge is 2.22. The summed E-state index contributed by atoms with van der Waals surface area (Å²) in [7, 11) is 1.59. The van der Waals surface area contributed by atoms with Crippen molar-refractivity contribution in [2.24, 2.45) is 0 Å². The lowest BCUT2D eigenvalue weighted by molar-refractivity contribution is 0.102. The average Bonchev–Trinajstić information content (AvgIpc) is 3.29. The van der Waals surface area contributed by atoms with Crippen LogP contribution in [0.2, 0.25) is 0 Å². The van der Waals surface area contributed by atoms with E-state index in [4.69, 9.17) is 10.5 Å². The number of carbonyl (C=O) groups is 1. The molecule has 3 heterocycles. The molecular formula is C19H21N7O2S. The van der Waals surface area contributed by atoms with Crippen molar-refractivity contribution in [2.75, 3.05) is 54.1 Å². The van der Waals surface area contributed by atoms with Crippen molar-refractivity contribution in [1.82, 2.24) is 15.0 Å². The van der Waals surface area contributed by atoms with Crippen molar-refractivity contribution in [1.29, 1.82) is 0 Å². The fraction of sp³-hybridized carbons (Fsp3) is 0.263. The number of nitrogens with zero attached hydrogens (tertiary/aromatic N) is 5. The maximum atomic E-state index is 12.5. The second-order valence-corrected chi connectivity index (χ2v) is 7.31. The lowest BCUT2D eigenvalue weighted by atomic mass is 10.2. The van der Waals surface area contributed by atoms with Gasteiger partial charge in [0.2, 0.25) is 5.95 Å². The number of piperazine rings is 1. The zero-order valence-corrected chi connectivity index (χ0v) is 16.7. The SMILES string of the molecule is COc1ccc(NC(=O)c2cnc(N3CCN(c4nccs4)CC3)nc2N)cc1. The lowest BCUT2D eigenvalue weighted by Crippen LogP contribution is -2.47. The summed E-state index contributed by atoms with van der Waals surface area (Å²) in [5, 5.41) is 5.79. The molecule has 9 nitrogen and oxygen atoms in total. The van der Waals surface area contributed by atoms with Crippen LogP contribution in [0.1, 0.15) is 10.4 Å². The number of hydrogen-bond donors (Lipinski definition) is 2. The highest BCUT2D eigenvalue weighted by atomic mass is 32.1. The van der Waals surface area contributed by atoms with Crippen molar-refractivity contribution in [3.05, 3.63) is 47.6 Å². The van der Waals surface area contributed by atoms with Gasteiger partial charge in [-0.05, 0) is 24.3 Å². The first-order chi connectivity index (χ1) is 14.1. The number of ether oxygens (including phenoxy) is 1. The first-order valence-electron chi connectivity index (χ1n) is 9.11. The molecule has 3 aromatic rings. The van der Waals surface area contributed by atoms with E-state index < -0.39 is 0 Å². The van der Waals surface area contributed by atoms with Crippen LogP contribution in [0.4, 0.5) is 22.6 Å². The fourth-order valence-corrected chi connectivity index (χ4v) is 3.75. The summed E-state index contributed by atoms with van der Waals surface area (Å²) in [6.07, 6.45) is 3.29. The van der Waals surface area contributed by atoms with Gasteiger partial charge < -0.3 is 25.6 Å². The molecule has 10 heteroatoms. The summed E-state index contributed by atoms with van der Waals surface area (Å²) in [4.78, 5) is 29.9. The molecule has 0 unspecified atom stereocenters. The number of thiazole rings is 1. The van der Waals surface area contributed by atoms with E-state index in [0.29, 0.717) is 17.4 Å². The molecule has 0 atom stereocenters. The molecule has 1 amide bonds. The van der Waals surface area contributed by atoms with Gasteiger partial charge in [0.15, 0.2) is 5.13 Å². The topological polar surface area (TPSA) is 110 Å². The molecule has 4 rings (SSSR count). The number of anilines is 4. The minimum Gasteiger partial charge on any atom is -0.497 e. The highest BCUT2D eigenvalue weighted by molar-refractivity contribution is 7.13. The maximum absolute atomic E-state index is 12.5. The normalized spacial score (nSPS) is 14.0. The average molecular weight is 411 g/mol. The molecule has 0 bridgehead atoms. The van der Waals surface area contributed by atoms with Crippen LogP contribution >= 0.6 is 11.3 Å². The summed E-state index contributed by atoms with van der Waals surface area (Å²) in [6.45, 7) is 3.18. The minimum atomic E-state index is -0.354. The Morgan fingerprint density at radius 1 is 1.14 bits per heavy atom. The summed E-state index contributed by atoms with van der Waals surface area (Å²) in [5.74, 6) is 1.05. The van der Waals surface area contributed by atoms with Crippen LogP contribution in [-0.4, -0.2) is 54.1 Å². The number of aromatic nitrogens is 3. The molecule has 1 aliphatic heterocycles. The van der Waals surface area contributed by atoms with Gasteiger partial charge in [-0.3, -0.25) is 4.79 Å². The van der Waals surface area contributed by atoms with Crippen LogP contribution in [0.5, 0.6) is 5.75 Å². The lowest BCUT2D eigenvalue weighted by Gasteiger charge is -2.34. The monoisotopic (exact) mass is 411 g/mol. The Balaban J connectivity index is 1.40. The van der Waals surface area contributed by atoms with E-state index in [0.717, 1.165) is 31.3 Å². The van der Waals surface area contributed by atoms with E-state index in [9.17, 15) is 4.79 Å². The van der Waals surface area contributed by atoms with E-state index in [2.05, 4.69) is 30.1 Å². The third kappa shape index (κ3) is 4.21. The van der Waals surface area contributed by atoms with Gasteiger partial charge in [0.25, 0.3) is 5.91 Å². The number of nitrogen functional groups attached to an aromatic ring is 1. The second kappa shape index (κ2) is 8.31. The van der Waals surface area contributed by atoms with Gasteiger partial charge in [-0.1, -0.05) is 0 Å². The predicted octanol–water partition coefficient (Wildman–Crippen LogP) is 2.10. The summed E-state index contributed by atoms with van der Waals surface area (Å²) in [5.41, 5.74) is 6.93.